The summed E-state index contributed by atoms with van der Waals surface area (Å²) in [4.78, 5) is 33.9. The first kappa shape index (κ1) is 21.3. The van der Waals surface area contributed by atoms with Gasteiger partial charge in [0, 0.05) is 19.0 Å². The smallest absolute Gasteiger partial charge is 0.274 e. The van der Waals surface area contributed by atoms with E-state index in [0.29, 0.717) is 24.6 Å². The lowest BCUT2D eigenvalue weighted by Gasteiger charge is -2.12. The monoisotopic (exact) mass is 451 g/mol. The molecule has 10 heteroatoms. The summed E-state index contributed by atoms with van der Waals surface area (Å²) < 4.78 is 19.0. The molecule has 8 nitrogen and oxygen atoms in total. The van der Waals surface area contributed by atoms with Gasteiger partial charge in [-0.05, 0) is 48.2 Å². The number of amides is 2. The molecule has 0 unspecified atom stereocenters. The Kier molecular flexibility index (Phi) is 6.61. The van der Waals surface area contributed by atoms with E-state index >= 15 is 0 Å². The van der Waals surface area contributed by atoms with Crippen molar-refractivity contribution < 1.29 is 18.5 Å². The third-order valence-corrected chi connectivity index (χ3v) is 5.27. The number of hydrogen-bond donors (Lipinski definition) is 2. The van der Waals surface area contributed by atoms with E-state index in [9.17, 15) is 14.0 Å². The van der Waals surface area contributed by atoms with Crippen LogP contribution in [0.15, 0.2) is 64.6 Å². The van der Waals surface area contributed by atoms with Gasteiger partial charge in [-0.1, -0.05) is 17.3 Å². The van der Waals surface area contributed by atoms with Crippen LogP contribution in [0.3, 0.4) is 0 Å². The molecule has 0 radical (unpaired) electrons. The number of anilines is 2. The summed E-state index contributed by atoms with van der Waals surface area (Å²) in [6, 6.07) is 12.5. The molecule has 0 spiro atoms. The third kappa shape index (κ3) is 5.41. The van der Waals surface area contributed by atoms with Gasteiger partial charge in [-0.3, -0.25) is 14.6 Å². The van der Waals surface area contributed by atoms with Crippen molar-refractivity contribution >= 4 is 34.5 Å². The quantitative estimate of drug-likeness (QED) is 0.407. The predicted octanol–water partition coefficient (Wildman–Crippen LogP) is 4.55. The summed E-state index contributed by atoms with van der Waals surface area (Å²) in [6.45, 7) is 0. The van der Waals surface area contributed by atoms with Gasteiger partial charge in [0.15, 0.2) is 0 Å². The molecule has 0 saturated heterocycles. The molecule has 0 aliphatic carbocycles. The van der Waals surface area contributed by atoms with E-state index < -0.39 is 11.7 Å². The minimum Gasteiger partial charge on any atom is -0.339 e. The average Bonchev–Trinajstić information content (AvgIpc) is 3.48. The molecule has 3 aromatic heterocycles. The van der Waals surface area contributed by atoms with Gasteiger partial charge >= 0.3 is 0 Å². The van der Waals surface area contributed by atoms with Crippen molar-refractivity contribution in [3.63, 3.8) is 0 Å². The van der Waals surface area contributed by atoms with Gasteiger partial charge in [0.25, 0.3) is 5.91 Å². The van der Waals surface area contributed by atoms with E-state index in [4.69, 9.17) is 4.52 Å². The Balaban J connectivity index is 1.33. The Morgan fingerprint density at radius 1 is 1.06 bits per heavy atom. The second kappa shape index (κ2) is 9.92. The number of nitrogens with one attached hydrogen (secondary N) is 2. The maximum Gasteiger partial charge on any atom is 0.274 e. The zero-order valence-corrected chi connectivity index (χ0v) is 17.6. The highest BCUT2D eigenvalue weighted by atomic mass is 32.1. The molecule has 0 saturated carbocycles. The van der Waals surface area contributed by atoms with Crippen molar-refractivity contribution in [3.8, 4) is 10.7 Å². The van der Waals surface area contributed by atoms with Gasteiger partial charge in [-0.25, -0.2) is 4.39 Å². The summed E-state index contributed by atoms with van der Waals surface area (Å²) in [7, 11) is 0. The fourth-order valence-electron chi connectivity index (χ4n) is 2.89. The number of benzene rings is 1. The van der Waals surface area contributed by atoms with E-state index in [2.05, 4.69) is 25.8 Å². The van der Waals surface area contributed by atoms with Gasteiger partial charge in [0.1, 0.15) is 11.5 Å². The molecule has 32 heavy (non-hydrogen) atoms. The first-order valence-electron chi connectivity index (χ1n) is 9.77. The van der Waals surface area contributed by atoms with E-state index in [0.717, 1.165) is 10.9 Å². The highest BCUT2D eigenvalue weighted by Crippen LogP contribution is 2.24. The number of thiophene rings is 1. The molecular weight excluding hydrogens is 433 g/mol. The van der Waals surface area contributed by atoms with Gasteiger partial charge in [-0.2, -0.15) is 4.98 Å². The first-order chi connectivity index (χ1) is 15.6. The number of aromatic nitrogens is 3. The number of carbonyl (C=O) groups is 2. The zero-order chi connectivity index (χ0) is 22.3. The summed E-state index contributed by atoms with van der Waals surface area (Å²) in [5, 5.41) is 11.1. The number of rotatable bonds is 8. The number of aryl methyl sites for hydroxylation is 1. The van der Waals surface area contributed by atoms with Gasteiger partial charge in [0.05, 0.1) is 16.3 Å². The average molecular weight is 451 g/mol. The second-order valence-corrected chi connectivity index (χ2v) is 7.70. The van der Waals surface area contributed by atoms with Crippen molar-refractivity contribution in [3.05, 3.63) is 77.5 Å². The fraction of sp³-hybridized carbons (Fsp3) is 0.136. The normalized spacial score (nSPS) is 10.7. The molecule has 4 aromatic rings. The van der Waals surface area contributed by atoms with Gasteiger partial charge in [-0.15, -0.1) is 11.3 Å². The Bertz CT molecular complexity index is 1210. The number of carbonyl (C=O) groups excluding carboxylic acids is 2. The van der Waals surface area contributed by atoms with Crippen LogP contribution in [0.4, 0.5) is 15.8 Å². The minimum atomic E-state index is -0.539. The summed E-state index contributed by atoms with van der Waals surface area (Å²) in [5.41, 5.74) is 0.639. The van der Waals surface area contributed by atoms with Crippen LogP contribution in [-0.2, 0) is 11.2 Å². The van der Waals surface area contributed by atoms with Gasteiger partial charge < -0.3 is 15.2 Å². The Hall–Kier alpha value is -3.92. The number of nitrogens with zero attached hydrogens (tertiary/aromatic N) is 3. The van der Waals surface area contributed by atoms with Gasteiger partial charge in [0.2, 0.25) is 17.6 Å². The van der Waals surface area contributed by atoms with E-state index in [1.54, 1.807) is 18.2 Å². The maximum atomic E-state index is 13.7. The lowest BCUT2D eigenvalue weighted by Crippen LogP contribution is -2.17. The fourth-order valence-corrected chi connectivity index (χ4v) is 3.54. The highest BCUT2D eigenvalue weighted by Gasteiger charge is 2.14. The second-order valence-electron chi connectivity index (χ2n) is 6.75. The van der Waals surface area contributed by atoms with Crippen molar-refractivity contribution in [1.29, 1.82) is 0 Å². The predicted molar refractivity (Wildman–Crippen MR) is 118 cm³/mol. The van der Waals surface area contributed by atoms with Crippen molar-refractivity contribution in [2.24, 2.45) is 0 Å². The molecule has 0 aliphatic rings. The summed E-state index contributed by atoms with van der Waals surface area (Å²) in [5.74, 6) is -0.376. The molecule has 1 aromatic carbocycles. The van der Waals surface area contributed by atoms with Crippen LogP contribution in [0, 0.1) is 5.82 Å². The van der Waals surface area contributed by atoms with Crippen LogP contribution in [0.2, 0.25) is 0 Å². The molecule has 0 aliphatic heterocycles. The van der Waals surface area contributed by atoms with Crippen LogP contribution < -0.4 is 10.6 Å². The molecule has 2 amide bonds. The van der Waals surface area contributed by atoms with E-state index in [1.807, 2.05) is 17.5 Å². The number of halogens is 1. The van der Waals surface area contributed by atoms with Crippen LogP contribution in [0.25, 0.3) is 10.7 Å². The molecule has 4 rings (SSSR count). The Morgan fingerprint density at radius 3 is 2.75 bits per heavy atom. The van der Waals surface area contributed by atoms with E-state index in [1.165, 1.54) is 29.7 Å². The Morgan fingerprint density at radius 2 is 1.97 bits per heavy atom. The van der Waals surface area contributed by atoms with Crippen molar-refractivity contribution in [1.82, 2.24) is 15.1 Å². The summed E-state index contributed by atoms with van der Waals surface area (Å²) in [6.07, 6.45) is 2.54. The molecular formula is C22H18FN5O3S. The SMILES string of the molecule is O=C(CCCc1nc(-c2cccs2)no1)Nc1cc(F)ccc1NC(=O)c1ccccn1. The number of hydrogen-bond acceptors (Lipinski definition) is 7. The van der Waals surface area contributed by atoms with Crippen LogP contribution in [-0.4, -0.2) is 26.9 Å². The lowest BCUT2D eigenvalue weighted by atomic mass is 10.2. The first-order valence-corrected chi connectivity index (χ1v) is 10.6. The van der Waals surface area contributed by atoms with Crippen LogP contribution in [0.5, 0.6) is 0 Å². The maximum absolute atomic E-state index is 13.7. The van der Waals surface area contributed by atoms with E-state index in [-0.39, 0.29) is 29.4 Å². The topological polar surface area (TPSA) is 110 Å². The Labute approximate surface area is 186 Å². The number of pyridine rings is 1. The zero-order valence-electron chi connectivity index (χ0n) is 16.7. The summed E-state index contributed by atoms with van der Waals surface area (Å²) >= 11 is 1.51. The van der Waals surface area contributed by atoms with Crippen LogP contribution >= 0.6 is 11.3 Å². The molecule has 162 valence electrons. The minimum absolute atomic E-state index is 0.154. The third-order valence-electron chi connectivity index (χ3n) is 4.41. The largest absolute Gasteiger partial charge is 0.339 e. The van der Waals surface area contributed by atoms with Crippen LogP contribution in [0.1, 0.15) is 29.2 Å². The molecule has 0 bridgehead atoms. The molecule has 3 heterocycles. The van der Waals surface area contributed by atoms with Crippen molar-refractivity contribution in [2.45, 2.75) is 19.3 Å². The van der Waals surface area contributed by atoms with Crippen molar-refractivity contribution in [2.75, 3.05) is 10.6 Å². The molecule has 0 atom stereocenters. The molecule has 2 N–H and O–H groups in total. The standard InChI is InChI=1S/C22H18FN5O3S/c23-14-9-10-15(26-22(30)16-5-1-2-11-24-16)17(13-14)25-19(29)7-3-8-20-27-21(28-31-20)18-6-4-12-32-18/h1-2,4-6,9-13H,3,7-8H2,(H,25,29)(H,26,30). The lowest BCUT2D eigenvalue weighted by molar-refractivity contribution is -0.116. The highest BCUT2D eigenvalue weighted by molar-refractivity contribution is 7.13. The molecule has 0 fully saturated rings.